The van der Waals surface area contributed by atoms with Gasteiger partial charge in [-0.25, -0.2) is 18.3 Å². The Bertz CT molecular complexity index is 829. The minimum Gasteiger partial charge on any atom is -0.475 e. The molecule has 0 rings (SSSR count). The van der Waals surface area contributed by atoms with Crippen molar-refractivity contribution in [2.75, 3.05) is 0 Å². The van der Waals surface area contributed by atoms with Crippen molar-refractivity contribution in [3.63, 3.8) is 0 Å². The maximum absolute atomic E-state index is 14.1. The summed E-state index contributed by atoms with van der Waals surface area (Å²) in [6.45, 7) is 0. The molecule has 4 nitrogen and oxygen atoms in total. The van der Waals surface area contributed by atoms with E-state index in [2.05, 4.69) is 11.6 Å². The molecule has 0 radical (unpaired) electrons. The first-order valence-electron chi connectivity index (χ1n) is 7.21. The van der Waals surface area contributed by atoms with Gasteiger partial charge in [0.2, 0.25) is 0 Å². The van der Waals surface area contributed by atoms with Crippen LogP contribution in [0.1, 0.15) is 0 Å². The number of carboxylic acid groups (broad SMARTS) is 1. The van der Waals surface area contributed by atoms with E-state index < -0.39 is 65.4 Å². The Morgan fingerprint density at radius 1 is 0.556 bits per heavy atom. The molecular formula is C11HClF20O4. The molecule has 36 heavy (non-hydrogen) atoms. The third-order valence-corrected chi connectivity index (χ3v) is 3.92. The monoisotopic (exact) mass is 612 g/mol. The lowest BCUT2D eigenvalue weighted by atomic mass is 9.88. The molecule has 0 aromatic rings. The van der Waals surface area contributed by atoms with Gasteiger partial charge in [-0.1, -0.05) is 11.6 Å². The van der Waals surface area contributed by atoms with E-state index in [1.807, 2.05) is 0 Å². The highest BCUT2D eigenvalue weighted by molar-refractivity contribution is 6.24. The molecule has 25 heteroatoms. The summed E-state index contributed by atoms with van der Waals surface area (Å²) in [5.41, 5.74) is -9.13. The second kappa shape index (κ2) is 8.66. The molecule has 0 saturated carbocycles. The van der Waals surface area contributed by atoms with Gasteiger partial charge in [-0.15, -0.1) is 0 Å². The summed E-state index contributed by atoms with van der Waals surface area (Å²) in [6.07, 6.45) is -48.0. The zero-order chi connectivity index (χ0) is 30.0. The van der Waals surface area contributed by atoms with Gasteiger partial charge in [-0.2, -0.15) is 79.0 Å². The van der Waals surface area contributed by atoms with Crippen molar-refractivity contribution >= 4 is 17.6 Å². The maximum Gasteiger partial charge on any atom is 0.459 e. The minimum absolute atomic E-state index is 1.12. The van der Waals surface area contributed by atoms with E-state index in [0.717, 1.165) is 4.74 Å². The van der Waals surface area contributed by atoms with Crippen LogP contribution in [0.5, 0.6) is 0 Å². The van der Waals surface area contributed by atoms with E-state index >= 15 is 0 Å². The normalized spacial score (nSPS) is 20.4. The van der Waals surface area contributed by atoms with Crippen molar-refractivity contribution in [1.82, 2.24) is 0 Å². The fraction of sp³-hybridized carbons (Fsp3) is 0.909. The molecule has 0 aromatic heterocycles. The first kappa shape index (κ1) is 34.3. The summed E-state index contributed by atoms with van der Waals surface area (Å²) in [5.74, 6) is -22.0. The first-order chi connectivity index (χ1) is 15.1. The van der Waals surface area contributed by atoms with Gasteiger partial charge in [0.1, 0.15) is 0 Å². The van der Waals surface area contributed by atoms with Crippen LogP contribution in [0.2, 0.25) is 0 Å². The molecule has 0 heterocycles. The number of hydrogen-bond donors (Lipinski definition) is 1. The Labute approximate surface area is 185 Å². The lowest BCUT2D eigenvalue weighted by Crippen LogP contribution is -2.77. The van der Waals surface area contributed by atoms with Crippen LogP contribution in [-0.4, -0.2) is 70.5 Å². The van der Waals surface area contributed by atoms with Gasteiger partial charge >= 0.3 is 65.4 Å². The number of alkyl halides is 21. The van der Waals surface area contributed by atoms with Crippen molar-refractivity contribution in [1.29, 1.82) is 0 Å². The predicted molar refractivity (Wildman–Crippen MR) is 65.1 cm³/mol. The molecule has 0 aliphatic heterocycles. The van der Waals surface area contributed by atoms with E-state index in [9.17, 15) is 92.6 Å². The highest BCUT2D eigenvalue weighted by atomic mass is 35.5. The average Bonchev–Trinajstić information content (AvgIpc) is 2.55. The first-order valence-corrected chi connectivity index (χ1v) is 7.59. The van der Waals surface area contributed by atoms with Crippen molar-refractivity contribution in [3.05, 3.63) is 0 Å². The van der Waals surface area contributed by atoms with Gasteiger partial charge in [0.15, 0.2) is 0 Å². The standard InChI is InChI=1S/C11HClF20O4/c12-4(16,8(23,24)25)11(31,32)36-10(29,30)3(15,7(20,21)22)5(17,18)6(19,9(26,27)28)35-2(13,14)1(33)34/h(H,33,34). The van der Waals surface area contributed by atoms with Crippen LogP contribution in [0.4, 0.5) is 87.8 Å². The Morgan fingerprint density at radius 3 is 1.17 bits per heavy atom. The highest BCUT2D eigenvalue weighted by Crippen LogP contribution is 2.64. The van der Waals surface area contributed by atoms with E-state index in [4.69, 9.17) is 5.11 Å². The second-order valence-corrected chi connectivity index (χ2v) is 6.48. The van der Waals surface area contributed by atoms with Crippen LogP contribution in [0.15, 0.2) is 0 Å². The number of carbonyl (C=O) groups is 1. The molecule has 0 saturated heterocycles. The number of aliphatic carboxylic acids is 1. The second-order valence-electron chi connectivity index (χ2n) is 5.96. The van der Waals surface area contributed by atoms with Crippen molar-refractivity contribution in [3.8, 4) is 0 Å². The topological polar surface area (TPSA) is 55.8 Å². The van der Waals surface area contributed by atoms with Crippen LogP contribution in [0.25, 0.3) is 0 Å². The SMILES string of the molecule is O=C(O)C(F)(F)OC(F)(C(F)(F)F)C(F)(F)C(F)(C(F)(F)F)C(F)(F)OC(F)(F)C(F)(Cl)C(F)(F)F. The number of carboxylic acids is 1. The van der Waals surface area contributed by atoms with Crippen molar-refractivity contribution < 1.29 is 107 Å². The highest BCUT2D eigenvalue weighted by Gasteiger charge is 2.96. The smallest absolute Gasteiger partial charge is 0.459 e. The Hall–Kier alpha value is -1.72. The lowest BCUT2D eigenvalue weighted by Gasteiger charge is -2.45. The third-order valence-electron chi connectivity index (χ3n) is 3.49. The van der Waals surface area contributed by atoms with Crippen molar-refractivity contribution in [2.45, 2.75) is 59.4 Å². The molecule has 0 aromatic carbocycles. The van der Waals surface area contributed by atoms with Gasteiger partial charge in [0.25, 0.3) is 0 Å². The largest absolute Gasteiger partial charge is 0.475 e. The summed E-state index contributed by atoms with van der Waals surface area (Å²) in [4.78, 5) is 9.98. The molecular weight excluding hydrogens is 612 g/mol. The molecule has 0 fully saturated rings. The molecule has 1 N–H and O–H groups in total. The molecule has 3 atom stereocenters. The van der Waals surface area contributed by atoms with Crippen LogP contribution in [0, 0.1) is 0 Å². The zero-order valence-corrected chi connectivity index (χ0v) is 15.9. The zero-order valence-electron chi connectivity index (χ0n) is 15.1. The quantitative estimate of drug-likeness (QED) is 0.239. The third kappa shape index (κ3) is 5.03. The van der Waals surface area contributed by atoms with Crippen LogP contribution in [-0.2, 0) is 14.3 Å². The molecule has 0 amide bonds. The number of ether oxygens (including phenoxy) is 2. The van der Waals surface area contributed by atoms with E-state index in [1.165, 1.54) is 4.74 Å². The molecule has 0 aliphatic rings. The summed E-state index contributed by atoms with van der Waals surface area (Å²) < 4.78 is 263. The Kier molecular flexibility index (Phi) is 8.25. The van der Waals surface area contributed by atoms with E-state index in [1.54, 1.807) is 0 Å². The van der Waals surface area contributed by atoms with Crippen LogP contribution < -0.4 is 0 Å². The minimum atomic E-state index is -9.13. The lowest BCUT2D eigenvalue weighted by molar-refractivity contribution is -0.531. The number of hydrogen-bond acceptors (Lipinski definition) is 3. The molecule has 0 bridgehead atoms. The van der Waals surface area contributed by atoms with Gasteiger partial charge in [0, 0.05) is 0 Å². The maximum atomic E-state index is 14.1. The van der Waals surface area contributed by atoms with Gasteiger partial charge in [0.05, 0.1) is 0 Å². The Morgan fingerprint density at radius 2 is 0.917 bits per heavy atom. The van der Waals surface area contributed by atoms with Crippen molar-refractivity contribution in [2.24, 2.45) is 0 Å². The summed E-state index contributed by atoms with van der Waals surface area (Å²) in [5, 5.41) is 0.587. The molecule has 216 valence electrons. The summed E-state index contributed by atoms with van der Waals surface area (Å²) in [7, 11) is 0. The van der Waals surface area contributed by atoms with E-state index in [0.29, 0.717) is 0 Å². The van der Waals surface area contributed by atoms with Gasteiger partial charge in [-0.05, 0) is 0 Å². The molecule has 0 spiro atoms. The number of halogens is 21. The van der Waals surface area contributed by atoms with Crippen LogP contribution in [0.3, 0.4) is 0 Å². The number of rotatable bonds is 9. The predicted octanol–water partition coefficient (Wildman–Crippen LogP) is 6.48. The fourth-order valence-electron chi connectivity index (χ4n) is 1.73. The van der Waals surface area contributed by atoms with Crippen LogP contribution >= 0.6 is 11.6 Å². The molecule has 3 unspecified atom stereocenters. The Balaban J connectivity index is 7.39. The van der Waals surface area contributed by atoms with E-state index in [-0.39, 0.29) is 0 Å². The van der Waals surface area contributed by atoms with Gasteiger partial charge in [-0.3, -0.25) is 4.74 Å². The molecule has 0 aliphatic carbocycles. The average molecular weight is 613 g/mol. The summed E-state index contributed by atoms with van der Waals surface area (Å²) in [6, 6.07) is 0. The fourth-order valence-corrected chi connectivity index (χ4v) is 1.77. The summed E-state index contributed by atoms with van der Waals surface area (Å²) >= 11 is 3.44. The van der Waals surface area contributed by atoms with Gasteiger partial charge < -0.3 is 5.11 Å².